The third-order valence-corrected chi connectivity index (χ3v) is 5.91. The van der Waals surface area contributed by atoms with Gasteiger partial charge in [0.1, 0.15) is 0 Å². The molecule has 0 spiro atoms. The maximum atomic E-state index is 13.1. The van der Waals surface area contributed by atoms with Gasteiger partial charge in [0.25, 0.3) is 5.56 Å². The topological polar surface area (TPSA) is 113 Å². The van der Waals surface area contributed by atoms with E-state index in [4.69, 9.17) is 0 Å². The van der Waals surface area contributed by atoms with Gasteiger partial charge < -0.3 is 4.98 Å². The van der Waals surface area contributed by atoms with Crippen LogP contribution >= 0.6 is 0 Å². The first-order valence-electron chi connectivity index (χ1n) is 10.0. The van der Waals surface area contributed by atoms with Crippen LogP contribution in [0.2, 0.25) is 0 Å². The molecule has 1 unspecified atom stereocenters. The average Bonchev–Trinajstić information content (AvgIpc) is 3.20. The number of nitrogens with zero attached hydrogens (tertiary/aromatic N) is 5. The fraction of sp³-hybridized carbons (Fsp3) is 0.190. The highest BCUT2D eigenvalue weighted by Crippen LogP contribution is 2.55. The number of hydrogen-bond acceptors (Lipinski definition) is 5. The zero-order chi connectivity index (χ0) is 22.9. The van der Waals surface area contributed by atoms with Crippen LogP contribution in [0.3, 0.4) is 0 Å². The van der Waals surface area contributed by atoms with Crippen molar-refractivity contribution in [2.75, 3.05) is 0 Å². The van der Waals surface area contributed by atoms with Crippen LogP contribution in [0, 0.1) is 0 Å². The van der Waals surface area contributed by atoms with Gasteiger partial charge in [0.05, 0.1) is 23.0 Å². The summed E-state index contributed by atoms with van der Waals surface area (Å²) < 4.78 is 41.9. The van der Waals surface area contributed by atoms with Crippen molar-refractivity contribution in [2.24, 2.45) is 0 Å². The molecule has 0 aromatic carbocycles. The van der Waals surface area contributed by atoms with E-state index in [9.17, 15) is 22.8 Å². The Kier molecular flexibility index (Phi) is 3.92. The number of nitrogens with one attached hydrogen (secondary N) is 2. The highest BCUT2D eigenvalue weighted by atomic mass is 19.4. The number of pyridine rings is 1. The molecular weight excluding hydrogens is 439 g/mol. The molecule has 0 aliphatic heterocycles. The normalized spacial score (nSPS) is 18.3. The van der Waals surface area contributed by atoms with E-state index in [0.717, 1.165) is 21.9 Å². The summed E-state index contributed by atoms with van der Waals surface area (Å²) in [4.78, 5) is 36.2. The van der Waals surface area contributed by atoms with Gasteiger partial charge in [-0.15, -0.1) is 0 Å². The smallest absolute Gasteiger partial charge is 0.313 e. The van der Waals surface area contributed by atoms with Gasteiger partial charge in [-0.3, -0.25) is 14.2 Å². The molecule has 1 fully saturated rings. The number of fused-ring (bicyclic) bond motifs is 2. The largest absolute Gasteiger partial charge is 0.450 e. The second kappa shape index (κ2) is 6.64. The Hall–Kier alpha value is -4.22. The van der Waals surface area contributed by atoms with Gasteiger partial charge in [-0.1, -0.05) is 0 Å². The first kappa shape index (κ1) is 19.5. The molecule has 9 nitrogen and oxygen atoms in total. The van der Waals surface area contributed by atoms with Crippen molar-refractivity contribution in [2.45, 2.75) is 24.4 Å². The van der Waals surface area contributed by atoms with Gasteiger partial charge in [-0.05, 0) is 42.0 Å². The zero-order valence-corrected chi connectivity index (χ0v) is 16.7. The van der Waals surface area contributed by atoms with Gasteiger partial charge >= 0.3 is 11.9 Å². The number of alkyl halides is 3. The first-order chi connectivity index (χ1) is 15.8. The third kappa shape index (κ3) is 3.13. The Labute approximate surface area is 181 Å². The standard InChI is InChI=1S/C21H14F3N7O2/c22-21(23,24)19-26-8-11-5-10(1-3-30(11)19)12-6-13(12)14-7-16(29-31-4-2-25-17(14)31)15-9-27-20(33)28-18(15)32/h1-5,7-9,12-13H,6H2,(H2,27,28,32,33)/t12-,13?/m1/s1. The second-order valence-corrected chi connectivity index (χ2v) is 7.95. The van der Waals surface area contributed by atoms with Gasteiger partial charge in [-0.25, -0.2) is 19.3 Å². The predicted octanol–water partition coefficient (Wildman–Crippen LogP) is 2.71. The monoisotopic (exact) mass is 453 g/mol. The van der Waals surface area contributed by atoms with Crippen LogP contribution in [0.25, 0.3) is 22.4 Å². The summed E-state index contributed by atoms with van der Waals surface area (Å²) in [6.45, 7) is 0. The van der Waals surface area contributed by atoms with Crippen LogP contribution < -0.4 is 11.2 Å². The van der Waals surface area contributed by atoms with Gasteiger partial charge in [-0.2, -0.15) is 18.3 Å². The molecule has 5 aromatic rings. The van der Waals surface area contributed by atoms with E-state index >= 15 is 0 Å². The fourth-order valence-corrected chi connectivity index (χ4v) is 4.31. The summed E-state index contributed by atoms with van der Waals surface area (Å²) in [6, 6.07) is 5.16. The number of rotatable bonds is 3. The summed E-state index contributed by atoms with van der Waals surface area (Å²) in [5, 5.41) is 4.43. The lowest BCUT2D eigenvalue weighted by molar-refractivity contribution is -0.145. The van der Waals surface area contributed by atoms with Crippen LogP contribution in [0.4, 0.5) is 13.2 Å². The number of aromatic nitrogens is 7. The Morgan fingerprint density at radius 2 is 1.94 bits per heavy atom. The third-order valence-electron chi connectivity index (χ3n) is 5.91. The lowest BCUT2D eigenvalue weighted by Gasteiger charge is -2.08. The lowest BCUT2D eigenvalue weighted by atomic mass is 10.0. The van der Waals surface area contributed by atoms with Gasteiger partial charge in [0.2, 0.25) is 5.82 Å². The summed E-state index contributed by atoms with van der Waals surface area (Å²) in [5.74, 6) is -0.838. The molecule has 2 atom stereocenters. The second-order valence-electron chi connectivity index (χ2n) is 7.95. The van der Waals surface area contributed by atoms with E-state index in [1.54, 1.807) is 35.1 Å². The molecule has 6 rings (SSSR count). The van der Waals surface area contributed by atoms with E-state index in [-0.39, 0.29) is 17.4 Å². The Balaban J connectivity index is 1.40. The van der Waals surface area contributed by atoms with Crippen molar-refractivity contribution < 1.29 is 13.2 Å². The summed E-state index contributed by atoms with van der Waals surface area (Å²) >= 11 is 0. The molecule has 12 heteroatoms. The van der Waals surface area contributed by atoms with E-state index < -0.39 is 23.2 Å². The molecule has 33 heavy (non-hydrogen) atoms. The number of H-pyrrole nitrogens is 2. The number of hydrogen-bond donors (Lipinski definition) is 2. The van der Waals surface area contributed by atoms with Crippen LogP contribution in [0.5, 0.6) is 0 Å². The van der Waals surface area contributed by atoms with Crippen LogP contribution in [-0.2, 0) is 6.18 Å². The van der Waals surface area contributed by atoms with Crippen molar-refractivity contribution in [3.8, 4) is 11.3 Å². The van der Waals surface area contributed by atoms with E-state index in [0.29, 0.717) is 16.9 Å². The number of halogens is 3. The molecule has 0 amide bonds. The van der Waals surface area contributed by atoms with E-state index in [1.807, 2.05) is 0 Å². The molecule has 166 valence electrons. The van der Waals surface area contributed by atoms with E-state index in [1.165, 1.54) is 18.6 Å². The summed E-state index contributed by atoms with van der Waals surface area (Å²) in [5.41, 5.74) is 2.18. The Morgan fingerprint density at radius 3 is 2.73 bits per heavy atom. The molecule has 1 aliphatic rings. The van der Waals surface area contributed by atoms with Crippen LogP contribution in [-0.4, -0.2) is 34.0 Å². The average molecular weight is 453 g/mol. The highest BCUT2D eigenvalue weighted by molar-refractivity contribution is 5.64. The van der Waals surface area contributed by atoms with Crippen LogP contribution in [0.1, 0.15) is 35.2 Å². The number of imidazole rings is 2. The lowest BCUT2D eigenvalue weighted by Crippen LogP contribution is -2.23. The molecule has 1 saturated carbocycles. The predicted molar refractivity (Wildman–Crippen MR) is 110 cm³/mol. The minimum atomic E-state index is -4.53. The summed E-state index contributed by atoms with van der Waals surface area (Å²) in [7, 11) is 0. The fourth-order valence-electron chi connectivity index (χ4n) is 4.31. The highest BCUT2D eigenvalue weighted by Gasteiger charge is 2.42. The van der Waals surface area contributed by atoms with Crippen molar-refractivity contribution in [3.63, 3.8) is 0 Å². The van der Waals surface area contributed by atoms with Crippen molar-refractivity contribution in [1.82, 2.24) is 34.0 Å². The minimum absolute atomic E-state index is 0.0472. The van der Waals surface area contributed by atoms with Gasteiger partial charge in [0.15, 0.2) is 5.65 Å². The molecule has 0 radical (unpaired) electrons. The molecule has 5 heterocycles. The zero-order valence-electron chi connectivity index (χ0n) is 16.7. The summed E-state index contributed by atoms with van der Waals surface area (Å²) in [6.07, 6.45) is 3.41. The minimum Gasteiger partial charge on any atom is -0.313 e. The van der Waals surface area contributed by atoms with E-state index in [2.05, 4.69) is 25.0 Å². The first-order valence-corrected chi connectivity index (χ1v) is 10.0. The Morgan fingerprint density at radius 1 is 1.09 bits per heavy atom. The molecular formula is C21H14F3N7O2. The molecule has 1 aliphatic carbocycles. The van der Waals surface area contributed by atoms with Crippen LogP contribution in [0.15, 0.2) is 58.8 Å². The Bertz CT molecular complexity index is 1660. The molecule has 0 bridgehead atoms. The van der Waals surface area contributed by atoms with Crippen molar-refractivity contribution in [1.29, 1.82) is 0 Å². The molecule has 2 N–H and O–H groups in total. The quantitative estimate of drug-likeness (QED) is 0.436. The molecule has 5 aromatic heterocycles. The maximum Gasteiger partial charge on any atom is 0.450 e. The molecule has 0 saturated heterocycles. The van der Waals surface area contributed by atoms with Crippen molar-refractivity contribution >= 4 is 11.2 Å². The van der Waals surface area contributed by atoms with Gasteiger partial charge in [0, 0.05) is 30.4 Å². The number of aromatic amines is 2. The SMILES string of the molecule is O=c1[nH]cc(-c2cc(C3C[C@@H]3c3ccn4c(C(F)(F)F)ncc4c3)c3nccn3n2)c(=O)[nH]1. The van der Waals surface area contributed by atoms with Crippen molar-refractivity contribution in [3.05, 3.63) is 87.0 Å². The maximum absolute atomic E-state index is 13.1.